The molecule has 0 atom stereocenters. The molecule has 0 aliphatic carbocycles. The predicted octanol–water partition coefficient (Wildman–Crippen LogP) is 4.52. The number of hydrogen-bond acceptors (Lipinski definition) is 3. The van der Waals surface area contributed by atoms with Crippen molar-refractivity contribution in [1.29, 1.82) is 0 Å². The third-order valence-electron chi connectivity index (χ3n) is 4.67. The minimum absolute atomic E-state index is 0.157. The summed E-state index contributed by atoms with van der Waals surface area (Å²) in [5, 5.41) is 6.72. The summed E-state index contributed by atoms with van der Waals surface area (Å²) in [4.78, 5) is 14.6. The molecule has 2 aromatic rings. The van der Waals surface area contributed by atoms with Gasteiger partial charge >= 0.3 is 6.03 Å². The van der Waals surface area contributed by atoms with Crippen molar-refractivity contribution in [3.8, 4) is 5.75 Å². The van der Waals surface area contributed by atoms with E-state index in [0.717, 1.165) is 48.9 Å². The molecule has 2 amide bonds. The Morgan fingerprint density at radius 2 is 1.78 bits per heavy atom. The fraction of sp³-hybridized carbons (Fsp3) is 0.381. The number of rotatable bonds is 6. The first-order chi connectivity index (χ1) is 13.1. The van der Waals surface area contributed by atoms with Crippen LogP contribution in [0.25, 0.3) is 0 Å². The van der Waals surface area contributed by atoms with Gasteiger partial charge in [-0.1, -0.05) is 23.7 Å². The Kier molecular flexibility index (Phi) is 6.96. The molecule has 0 bridgehead atoms. The summed E-state index contributed by atoms with van der Waals surface area (Å²) in [6, 6.07) is 15.4. The van der Waals surface area contributed by atoms with Crippen LogP contribution in [0, 0.1) is 0 Å². The Bertz CT molecular complexity index is 726. The van der Waals surface area contributed by atoms with Gasteiger partial charge in [0.1, 0.15) is 5.75 Å². The van der Waals surface area contributed by atoms with Gasteiger partial charge in [-0.3, -0.25) is 4.90 Å². The van der Waals surface area contributed by atoms with Crippen LogP contribution in [0.3, 0.4) is 0 Å². The van der Waals surface area contributed by atoms with E-state index < -0.39 is 0 Å². The average molecular weight is 388 g/mol. The fourth-order valence-electron chi connectivity index (χ4n) is 3.24. The highest BCUT2D eigenvalue weighted by molar-refractivity contribution is 6.30. The van der Waals surface area contributed by atoms with Gasteiger partial charge in [0.2, 0.25) is 0 Å². The van der Waals surface area contributed by atoms with E-state index in [-0.39, 0.29) is 12.1 Å². The molecule has 1 heterocycles. The van der Waals surface area contributed by atoms with Crippen LogP contribution in [0.15, 0.2) is 48.5 Å². The maximum atomic E-state index is 12.2. The second-order valence-corrected chi connectivity index (χ2v) is 7.17. The van der Waals surface area contributed by atoms with E-state index in [1.807, 2.05) is 43.3 Å². The second kappa shape index (κ2) is 9.62. The quantitative estimate of drug-likeness (QED) is 0.765. The zero-order valence-electron chi connectivity index (χ0n) is 15.6. The minimum Gasteiger partial charge on any atom is -0.494 e. The van der Waals surface area contributed by atoms with Crippen molar-refractivity contribution in [1.82, 2.24) is 10.2 Å². The van der Waals surface area contributed by atoms with Crippen LogP contribution >= 0.6 is 11.6 Å². The minimum atomic E-state index is -0.157. The van der Waals surface area contributed by atoms with Crippen LogP contribution in [0.1, 0.15) is 25.3 Å². The molecule has 6 heteroatoms. The summed E-state index contributed by atoms with van der Waals surface area (Å²) < 4.78 is 5.41. The van der Waals surface area contributed by atoms with Crippen molar-refractivity contribution in [3.05, 3.63) is 59.1 Å². The van der Waals surface area contributed by atoms with E-state index in [2.05, 4.69) is 27.7 Å². The van der Waals surface area contributed by atoms with Gasteiger partial charge in [0.25, 0.3) is 0 Å². The van der Waals surface area contributed by atoms with Gasteiger partial charge < -0.3 is 15.4 Å². The number of nitrogens with one attached hydrogen (secondary N) is 2. The third-order valence-corrected chi connectivity index (χ3v) is 4.92. The zero-order valence-corrected chi connectivity index (χ0v) is 16.3. The summed E-state index contributed by atoms with van der Waals surface area (Å²) in [6.07, 6.45) is 1.90. The van der Waals surface area contributed by atoms with Crippen molar-refractivity contribution in [3.63, 3.8) is 0 Å². The van der Waals surface area contributed by atoms with Crippen molar-refractivity contribution >= 4 is 23.3 Å². The molecule has 0 aromatic heterocycles. The molecule has 3 rings (SSSR count). The number of hydrogen-bond donors (Lipinski definition) is 2. The molecule has 27 heavy (non-hydrogen) atoms. The van der Waals surface area contributed by atoms with E-state index in [9.17, 15) is 4.79 Å². The average Bonchev–Trinajstić information content (AvgIpc) is 2.67. The van der Waals surface area contributed by atoms with Gasteiger partial charge in [-0.2, -0.15) is 0 Å². The molecule has 0 radical (unpaired) electrons. The predicted molar refractivity (Wildman–Crippen MR) is 110 cm³/mol. The van der Waals surface area contributed by atoms with Crippen molar-refractivity contribution in [2.24, 2.45) is 0 Å². The van der Waals surface area contributed by atoms with Crippen molar-refractivity contribution in [2.75, 3.05) is 25.0 Å². The number of amides is 2. The van der Waals surface area contributed by atoms with Crippen LogP contribution in [0.2, 0.25) is 5.02 Å². The lowest BCUT2D eigenvalue weighted by Gasteiger charge is -2.32. The maximum absolute atomic E-state index is 12.2. The van der Waals surface area contributed by atoms with E-state index in [4.69, 9.17) is 16.3 Å². The molecule has 1 aliphatic heterocycles. The summed E-state index contributed by atoms with van der Waals surface area (Å²) in [6.45, 7) is 5.43. The number of nitrogens with zero attached hydrogens (tertiary/aromatic N) is 1. The fourth-order valence-corrected chi connectivity index (χ4v) is 3.36. The van der Waals surface area contributed by atoms with E-state index in [1.54, 1.807) is 0 Å². The number of piperidine rings is 1. The van der Waals surface area contributed by atoms with Gasteiger partial charge in [-0.05, 0) is 61.7 Å². The lowest BCUT2D eigenvalue weighted by atomic mass is 10.0. The Hall–Kier alpha value is -2.24. The molecule has 144 valence electrons. The first-order valence-electron chi connectivity index (χ1n) is 9.39. The van der Waals surface area contributed by atoms with Crippen molar-refractivity contribution in [2.45, 2.75) is 32.4 Å². The lowest BCUT2D eigenvalue weighted by molar-refractivity contribution is 0.190. The second-order valence-electron chi connectivity index (χ2n) is 6.73. The summed E-state index contributed by atoms with van der Waals surface area (Å²) >= 11 is 5.94. The van der Waals surface area contributed by atoms with Crippen LogP contribution < -0.4 is 15.4 Å². The maximum Gasteiger partial charge on any atom is 0.319 e. The number of urea groups is 1. The van der Waals surface area contributed by atoms with Crippen LogP contribution in [-0.4, -0.2) is 36.7 Å². The molecule has 2 aromatic carbocycles. The summed E-state index contributed by atoms with van der Waals surface area (Å²) in [5.74, 6) is 0.802. The molecule has 1 fully saturated rings. The number of carbonyl (C=O) groups excluding carboxylic acids is 1. The summed E-state index contributed by atoms with van der Waals surface area (Å²) in [7, 11) is 0. The van der Waals surface area contributed by atoms with Gasteiger partial charge in [0.15, 0.2) is 0 Å². The Morgan fingerprint density at radius 1 is 1.11 bits per heavy atom. The molecule has 0 saturated carbocycles. The first kappa shape index (κ1) is 19.5. The monoisotopic (exact) mass is 387 g/mol. The van der Waals surface area contributed by atoms with Gasteiger partial charge in [-0.25, -0.2) is 4.79 Å². The summed E-state index contributed by atoms with van der Waals surface area (Å²) in [5.41, 5.74) is 2.02. The molecule has 2 N–H and O–H groups in total. The lowest BCUT2D eigenvalue weighted by Crippen LogP contribution is -2.45. The molecular weight excluding hydrogens is 362 g/mol. The number of likely N-dealkylation sites (tertiary alicyclic amines) is 1. The zero-order chi connectivity index (χ0) is 19.1. The largest absolute Gasteiger partial charge is 0.494 e. The molecule has 1 aliphatic rings. The highest BCUT2D eigenvalue weighted by Gasteiger charge is 2.20. The highest BCUT2D eigenvalue weighted by atomic mass is 35.5. The van der Waals surface area contributed by atoms with Gasteiger partial charge in [0.05, 0.1) is 6.61 Å². The van der Waals surface area contributed by atoms with E-state index in [0.29, 0.717) is 6.61 Å². The molecular formula is C21H26ClN3O2. The Morgan fingerprint density at radius 3 is 2.41 bits per heavy atom. The molecule has 5 nitrogen and oxygen atoms in total. The Balaban J connectivity index is 1.40. The van der Waals surface area contributed by atoms with E-state index in [1.165, 1.54) is 5.56 Å². The topological polar surface area (TPSA) is 53.6 Å². The number of halogens is 1. The SMILES string of the molecule is CCOc1ccc(NC(=O)NC2CCN(Cc3ccc(Cl)cc3)CC2)cc1. The highest BCUT2D eigenvalue weighted by Crippen LogP contribution is 2.17. The molecule has 0 unspecified atom stereocenters. The Labute approximate surface area is 165 Å². The number of benzene rings is 2. The van der Waals surface area contributed by atoms with Gasteiger partial charge in [0, 0.05) is 36.4 Å². The normalized spacial score (nSPS) is 15.3. The number of ether oxygens (including phenoxy) is 1. The van der Waals surface area contributed by atoms with Crippen LogP contribution in [0.4, 0.5) is 10.5 Å². The van der Waals surface area contributed by atoms with E-state index >= 15 is 0 Å². The molecule has 1 saturated heterocycles. The third kappa shape index (κ3) is 6.15. The van der Waals surface area contributed by atoms with Gasteiger partial charge in [-0.15, -0.1) is 0 Å². The molecule has 0 spiro atoms. The number of anilines is 1. The van der Waals surface area contributed by atoms with Crippen LogP contribution in [-0.2, 0) is 6.54 Å². The van der Waals surface area contributed by atoms with Crippen LogP contribution in [0.5, 0.6) is 5.75 Å². The smallest absolute Gasteiger partial charge is 0.319 e. The first-order valence-corrected chi connectivity index (χ1v) is 9.77. The number of carbonyl (C=O) groups is 1. The standard InChI is InChI=1S/C21H26ClN3O2/c1-2-27-20-9-7-18(8-10-20)23-21(26)24-19-11-13-25(14-12-19)15-16-3-5-17(22)6-4-16/h3-10,19H,2,11-15H2,1H3,(H2,23,24,26). The van der Waals surface area contributed by atoms with Crippen molar-refractivity contribution < 1.29 is 9.53 Å².